The smallest absolute Gasteiger partial charge is 0.240 e. The van der Waals surface area contributed by atoms with Crippen molar-refractivity contribution in [2.24, 2.45) is 0 Å². The van der Waals surface area contributed by atoms with Gasteiger partial charge in [-0.3, -0.25) is 4.79 Å². The van der Waals surface area contributed by atoms with Gasteiger partial charge in [-0.15, -0.1) is 12.4 Å². The summed E-state index contributed by atoms with van der Waals surface area (Å²) in [5.74, 6) is -0.150. The van der Waals surface area contributed by atoms with Gasteiger partial charge in [-0.05, 0) is 48.7 Å². The molecular formula is C18H24ClN3O3S. The number of halogens is 1. The van der Waals surface area contributed by atoms with Crippen LogP contribution in [-0.4, -0.2) is 20.9 Å². The van der Waals surface area contributed by atoms with E-state index in [2.05, 4.69) is 10.0 Å². The molecule has 26 heavy (non-hydrogen) atoms. The van der Waals surface area contributed by atoms with E-state index >= 15 is 0 Å². The number of carbonyl (C=O) groups is 1. The number of para-hydroxylation sites is 1. The number of anilines is 2. The van der Waals surface area contributed by atoms with Gasteiger partial charge in [-0.1, -0.05) is 25.1 Å². The largest absolute Gasteiger partial charge is 0.399 e. The molecule has 0 saturated heterocycles. The molecule has 0 aliphatic heterocycles. The predicted octanol–water partition coefficient (Wildman–Crippen LogP) is 2.95. The summed E-state index contributed by atoms with van der Waals surface area (Å²) in [6.45, 7) is 2.29. The molecule has 0 heterocycles. The average Bonchev–Trinajstić information content (AvgIpc) is 2.60. The van der Waals surface area contributed by atoms with E-state index < -0.39 is 10.0 Å². The van der Waals surface area contributed by atoms with Gasteiger partial charge in [-0.25, -0.2) is 13.1 Å². The molecule has 0 aliphatic carbocycles. The summed E-state index contributed by atoms with van der Waals surface area (Å²) in [4.78, 5) is 12.2. The number of benzene rings is 2. The van der Waals surface area contributed by atoms with Crippen molar-refractivity contribution in [1.82, 2.24) is 4.72 Å². The second-order valence-electron chi connectivity index (χ2n) is 5.67. The van der Waals surface area contributed by atoms with Crippen LogP contribution in [0.15, 0.2) is 53.4 Å². The molecule has 2 aromatic rings. The molecule has 0 saturated carbocycles. The lowest BCUT2D eigenvalue weighted by atomic mass is 10.1. The molecule has 6 nitrogen and oxygen atoms in total. The zero-order valence-corrected chi connectivity index (χ0v) is 16.2. The minimum atomic E-state index is -3.50. The third-order valence-electron chi connectivity index (χ3n) is 3.67. The quantitative estimate of drug-likeness (QED) is 0.596. The van der Waals surface area contributed by atoms with Crippen LogP contribution >= 0.6 is 12.4 Å². The monoisotopic (exact) mass is 397 g/mol. The zero-order valence-electron chi connectivity index (χ0n) is 14.6. The summed E-state index contributed by atoms with van der Waals surface area (Å²) < 4.78 is 26.5. The van der Waals surface area contributed by atoms with Crippen molar-refractivity contribution < 1.29 is 13.2 Å². The lowest BCUT2D eigenvalue weighted by Crippen LogP contribution is -2.24. The molecule has 0 aliphatic rings. The van der Waals surface area contributed by atoms with Crippen molar-refractivity contribution >= 4 is 39.7 Å². The summed E-state index contributed by atoms with van der Waals surface area (Å²) >= 11 is 0. The number of nitrogen functional groups attached to an aromatic ring is 1. The van der Waals surface area contributed by atoms with Crippen LogP contribution in [0.4, 0.5) is 11.4 Å². The van der Waals surface area contributed by atoms with Crippen molar-refractivity contribution in [3.63, 3.8) is 0 Å². The van der Waals surface area contributed by atoms with Gasteiger partial charge in [0.05, 0.1) is 4.90 Å². The van der Waals surface area contributed by atoms with Crippen molar-refractivity contribution in [1.29, 1.82) is 0 Å². The zero-order chi connectivity index (χ0) is 18.3. The van der Waals surface area contributed by atoms with Crippen LogP contribution in [0.25, 0.3) is 0 Å². The number of aryl methyl sites for hydroxylation is 1. The maximum absolute atomic E-state index is 12.0. The molecule has 8 heteroatoms. The number of nitrogens with two attached hydrogens (primary N) is 1. The summed E-state index contributed by atoms with van der Waals surface area (Å²) in [6.07, 6.45) is 1.57. The molecule has 0 unspecified atom stereocenters. The minimum absolute atomic E-state index is 0. The summed E-state index contributed by atoms with van der Waals surface area (Å²) in [5, 5.41) is 2.76. The number of carbonyl (C=O) groups excluding carboxylic acids is 1. The van der Waals surface area contributed by atoms with Gasteiger partial charge in [0, 0.05) is 24.3 Å². The molecule has 0 spiro atoms. The van der Waals surface area contributed by atoms with Crippen LogP contribution in [-0.2, 0) is 21.2 Å². The fourth-order valence-electron chi connectivity index (χ4n) is 2.27. The first-order valence-corrected chi connectivity index (χ1v) is 9.63. The van der Waals surface area contributed by atoms with Gasteiger partial charge in [-0.2, -0.15) is 0 Å². The average molecular weight is 398 g/mol. The Morgan fingerprint density at radius 1 is 1.08 bits per heavy atom. The van der Waals surface area contributed by atoms with E-state index in [0.717, 1.165) is 12.0 Å². The number of hydrogen-bond acceptors (Lipinski definition) is 4. The molecule has 0 aromatic heterocycles. The first kappa shape index (κ1) is 22.0. The molecule has 0 radical (unpaired) electrons. The molecule has 4 N–H and O–H groups in total. The summed E-state index contributed by atoms with van der Waals surface area (Å²) in [5.41, 5.74) is 8.02. The SMILES string of the molecule is CCCNS(=O)(=O)c1ccc(NC(=O)CCc2ccccc2N)cc1.Cl. The van der Waals surface area contributed by atoms with Gasteiger partial charge < -0.3 is 11.1 Å². The fourth-order valence-corrected chi connectivity index (χ4v) is 3.40. The van der Waals surface area contributed by atoms with E-state index in [9.17, 15) is 13.2 Å². The highest BCUT2D eigenvalue weighted by molar-refractivity contribution is 7.89. The predicted molar refractivity (Wildman–Crippen MR) is 107 cm³/mol. The molecular weight excluding hydrogens is 374 g/mol. The minimum Gasteiger partial charge on any atom is -0.399 e. The Morgan fingerprint density at radius 3 is 2.35 bits per heavy atom. The topological polar surface area (TPSA) is 101 Å². The number of amides is 1. The van der Waals surface area contributed by atoms with Gasteiger partial charge >= 0.3 is 0 Å². The van der Waals surface area contributed by atoms with Gasteiger partial charge in [0.2, 0.25) is 15.9 Å². The van der Waals surface area contributed by atoms with Crippen LogP contribution in [0.2, 0.25) is 0 Å². The lowest BCUT2D eigenvalue weighted by Gasteiger charge is -2.09. The van der Waals surface area contributed by atoms with Gasteiger partial charge in [0.1, 0.15) is 0 Å². The van der Waals surface area contributed by atoms with Crippen molar-refractivity contribution in [3.05, 3.63) is 54.1 Å². The maximum Gasteiger partial charge on any atom is 0.240 e. The van der Waals surface area contributed by atoms with E-state index in [4.69, 9.17) is 5.73 Å². The first-order chi connectivity index (χ1) is 11.9. The normalized spacial score (nSPS) is 10.8. The van der Waals surface area contributed by atoms with E-state index in [1.54, 1.807) is 18.2 Å². The second-order valence-corrected chi connectivity index (χ2v) is 7.44. The molecule has 0 atom stereocenters. The van der Waals surface area contributed by atoms with Gasteiger partial charge in [0.15, 0.2) is 0 Å². The lowest BCUT2D eigenvalue weighted by molar-refractivity contribution is -0.116. The molecule has 2 aromatic carbocycles. The Bertz CT molecular complexity index is 824. The van der Waals surface area contributed by atoms with E-state index in [1.807, 2.05) is 25.1 Å². The third-order valence-corrected chi connectivity index (χ3v) is 5.14. The summed E-state index contributed by atoms with van der Waals surface area (Å²) in [7, 11) is -3.50. The first-order valence-electron chi connectivity index (χ1n) is 8.15. The Balaban J connectivity index is 0.00000338. The van der Waals surface area contributed by atoms with E-state index in [-0.39, 0.29) is 23.2 Å². The highest BCUT2D eigenvalue weighted by Gasteiger charge is 2.13. The van der Waals surface area contributed by atoms with Crippen LogP contribution in [0.3, 0.4) is 0 Å². The molecule has 2 rings (SSSR count). The Labute approximate surface area is 160 Å². The molecule has 1 amide bonds. The molecule has 0 fully saturated rings. The van der Waals surface area contributed by atoms with Crippen LogP contribution < -0.4 is 15.8 Å². The standard InChI is InChI=1S/C18H23N3O3S.ClH/c1-2-13-20-25(23,24)16-10-8-15(9-11-16)21-18(22)12-7-14-5-3-4-6-17(14)19;/h3-6,8-11,20H,2,7,12-13,19H2,1H3,(H,21,22);1H. The van der Waals surface area contributed by atoms with Crippen molar-refractivity contribution in [2.75, 3.05) is 17.6 Å². The Hall–Kier alpha value is -2.09. The molecule has 0 bridgehead atoms. The number of nitrogens with one attached hydrogen (secondary N) is 2. The third kappa shape index (κ3) is 6.33. The maximum atomic E-state index is 12.0. The Morgan fingerprint density at radius 2 is 1.73 bits per heavy atom. The molecule has 142 valence electrons. The highest BCUT2D eigenvalue weighted by Crippen LogP contribution is 2.16. The van der Waals surface area contributed by atoms with E-state index in [1.165, 1.54) is 12.1 Å². The van der Waals surface area contributed by atoms with Gasteiger partial charge in [0.25, 0.3) is 0 Å². The van der Waals surface area contributed by atoms with Crippen LogP contribution in [0, 0.1) is 0 Å². The Kier molecular flexibility index (Phi) is 8.57. The van der Waals surface area contributed by atoms with Crippen LogP contribution in [0.1, 0.15) is 25.3 Å². The number of rotatable bonds is 8. The van der Waals surface area contributed by atoms with Crippen LogP contribution in [0.5, 0.6) is 0 Å². The number of hydrogen-bond donors (Lipinski definition) is 3. The van der Waals surface area contributed by atoms with Crippen molar-refractivity contribution in [3.8, 4) is 0 Å². The second kappa shape index (κ2) is 10.2. The fraction of sp³-hybridized carbons (Fsp3) is 0.278. The number of sulfonamides is 1. The van der Waals surface area contributed by atoms with Crippen molar-refractivity contribution in [2.45, 2.75) is 31.1 Å². The highest BCUT2D eigenvalue weighted by atomic mass is 35.5. The van der Waals surface area contributed by atoms with E-state index in [0.29, 0.717) is 30.8 Å². The summed E-state index contributed by atoms with van der Waals surface area (Å²) in [6, 6.07) is 13.5.